The van der Waals surface area contributed by atoms with Gasteiger partial charge in [-0.15, -0.1) is 4.91 Å². The molecule has 2 aromatic carbocycles. The fourth-order valence-corrected chi connectivity index (χ4v) is 3.33. The van der Waals surface area contributed by atoms with Crippen LogP contribution < -0.4 is 14.8 Å². The second kappa shape index (κ2) is 12.4. The van der Waals surface area contributed by atoms with Crippen LogP contribution in [0.1, 0.15) is 18.4 Å². The number of amides is 1. The van der Waals surface area contributed by atoms with Crippen molar-refractivity contribution in [2.75, 3.05) is 19.5 Å². The Kier molecular flexibility index (Phi) is 9.09. The fourth-order valence-electron chi connectivity index (χ4n) is 3.33. The number of anilines is 1. The molecular weight excluding hydrogens is 464 g/mol. The van der Waals surface area contributed by atoms with E-state index in [0.717, 1.165) is 0 Å². The van der Waals surface area contributed by atoms with Gasteiger partial charge < -0.3 is 33.7 Å². The maximum atomic E-state index is 12.0. The van der Waals surface area contributed by atoms with E-state index in [0.29, 0.717) is 30.5 Å². The molecule has 0 aliphatic carbocycles. The summed E-state index contributed by atoms with van der Waals surface area (Å²) in [7, 11) is 2.79. The summed E-state index contributed by atoms with van der Waals surface area (Å²) in [6.45, 7) is -0.156. The van der Waals surface area contributed by atoms with E-state index in [-0.39, 0.29) is 29.9 Å². The van der Waals surface area contributed by atoms with Gasteiger partial charge in [0.25, 0.3) is 0 Å². The molecule has 0 saturated carbocycles. The van der Waals surface area contributed by atoms with Gasteiger partial charge in [0.05, 0.1) is 18.9 Å². The number of nitroso groups, excluding NO2 is 1. The molecule has 186 valence electrons. The van der Waals surface area contributed by atoms with Crippen LogP contribution in [0.25, 0.3) is 0 Å². The molecule has 1 heterocycles. The van der Waals surface area contributed by atoms with Gasteiger partial charge in [0.2, 0.25) is 12.7 Å². The summed E-state index contributed by atoms with van der Waals surface area (Å²) < 4.78 is 31.8. The Hall–Kier alpha value is -4.03. The van der Waals surface area contributed by atoms with E-state index in [1.54, 1.807) is 18.2 Å². The van der Waals surface area contributed by atoms with Crippen molar-refractivity contribution in [1.29, 1.82) is 0 Å². The van der Waals surface area contributed by atoms with Gasteiger partial charge in [-0.1, -0.05) is 6.07 Å². The highest BCUT2D eigenvalue weighted by Gasteiger charge is 2.36. The molecule has 1 saturated heterocycles. The molecule has 0 spiro atoms. The number of nitrogens with zero attached hydrogens (tertiary/aromatic N) is 1. The summed E-state index contributed by atoms with van der Waals surface area (Å²) in [6.07, 6.45) is -1.78. The lowest BCUT2D eigenvalue weighted by Crippen LogP contribution is -2.43. The molecule has 35 heavy (non-hydrogen) atoms. The lowest BCUT2D eigenvalue weighted by Gasteiger charge is -2.33. The molecule has 1 fully saturated rings. The van der Waals surface area contributed by atoms with E-state index in [4.69, 9.17) is 28.4 Å². The van der Waals surface area contributed by atoms with Gasteiger partial charge in [-0.2, -0.15) is 0 Å². The summed E-state index contributed by atoms with van der Waals surface area (Å²) in [5.74, 6) is -0.0819. The van der Waals surface area contributed by atoms with E-state index >= 15 is 0 Å². The first-order chi connectivity index (χ1) is 16.9. The molecule has 0 bridgehead atoms. The molecule has 0 radical (unpaired) electrons. The second-order valence-corrected chi connectivity index (χ2v) is 7.34. The maximum Gasteiger partial charge on any atom is 0.514 e. The van der Waals surface area contributed by atoms with Crippen molar-refractivity contribution in [2.45, 2.75) is 37.9 Å². The van der Waals surface area contributed by atoms with Crippen LogP contribution in [-0.4, -0.2) is 51.3 Å². The Balaban J connectivity index is 1.63. The van der Waals surface area contributed by atoms with Gasteiger partial charge in [0.1, 0.15) is 23.8 Å². The lowest BCUT2D eigenvalue weighted by molar-refractivity contribution is -0.200. The topological polar surface area (TPSA) is 148 Å². The lowest BCUT2D eigenvalue weighted by atomic mass is 10.0. The highest BCUT2D eigenvalue weighted by molar-refractivity contribution is 5.76. The number of rotatable bonds is 10. The van der Waals surface area contributed by atoms with Crippen LogP contribution in [0, 0.1) is 4.91 Å². The number of nitrogens with one attached hydrogen (secondary N) is 1. The first kappa shape index (κ1) is 25.6. The van der Waals surface area contributed by atoms with Crippen molar-refractivity contribution in [3.63, 3.8) is 0 Å². The molecular formula is C23H24N2O10. The summed E-state index contributed by atoms with van der Waals surface area (Å²) in [5.41, 5.74) is 1.02. The number of hydrogen-bond acceptors (Lipinski definition) is 11. The Labute approximate surface area is 200 Å². The van der Waals surface area contributed by atoms with Gasteiger partial charge in [-0.25, -0.2) is 9.59 Å². The highest BCUT2D eigenvalue weighted by atomic mass is 16.7. The zero-order chi connectivity index (χ0) is 25.2. The zero-order valence-electron chi connectivity index (χ0n) is 19.0. The van der Waals surface area contributed by atoms with E-state index in [1.807, 2.05) is 0 Å². The SMILES string of the molecule is COC(=O)[C@@H]1C[C@H](OC)C[C@H](Oc2ccc(COC(=O)Oc3ccc(N=O)cc3)cc2NC=O)O1. The zero-order valence-corrected chi connectivity index (χ0v) is 19.0. The number of carbonyl (C=O) groups excluding carboxylic acids is 3. The Morgan fingerprint density at radius 1 is 1.14 bits per heavy atom. The normalized spacial score (nSPS) is 19.2. The number of ether oxygens (including phenoxy) is 6. The van der Waals surface area contributed by atoms with Crippen LogP contribution in [0.2, 0.25) is 0 Å². The largest absolute Gasteiger partial charge is 0.514 e. The third-order valence-electron chi connectivity index (χ3n) is 5.06. The number of methoxy groups -OCH3 is 2. The molecule has 1 aliphatic rings. The minimum absolute atomic E-state index is 0.156. The quantitative estimate of drug-likeness (QED) is 0.228. The molecule has 1 amide bonds. The van der Waals surface area contributed by atoms with Crippen LogP contribution in [0.15, 0.2) is 47.6 Å². The third-order valence-corrected chi connectivity index (χ3v) is 5.06. The van der Waals surface area contributed by atoms with Crippen molar-refractivity contribution in [3.8, 4) is 11.5 Å². The monoisotopic (exact) mass is 488 g/mol. The summed E-state index contributed by atoms with van der Waals surface area (Å²) in [4.78, 5) is 45.4. The Bertz CT molecular complexity index is 1040. The van der Waals surface area contributed by atoms with Crippen LogP contribution >= 0.6 is 0 Å². The van der Waals surface area contributed by atoms with Crippen molar-refractivity contribution in [2.24, 2.45) is 5.18 Å². The number of esters is 1. The summed E-state index contributed by atoms with van der Waals surface area (Å²) in [5, 5.41) is 5.28. The summed E-state index contributed by atoms with van der Waals surface area (Å²) in [6, 6.07) is 10.3. The number of hydrogen-bond donors (Lipinski definition) is 1. The third kappa shape index (κ3) is 7.22. The smallest absolute Gasteiger partial charge is 0.467 e. The van der Waals surface area contributed by atoms with Crippen molar-refractivity contribution < 1.29 is 42.8 Å². The van der Waals surface area contributed by atoms with Gasteiger partial charge in [-0.3, -0.25) is 4.79 Å². The van der Waals surface area contributed by atoms with Gasteiger partial charge in [-0.05, 0) is 47.1 Å². The summed E-state index contributed by atoms with van der Waals surface area (Å²) >= 11 is 0. The van der Waals surface area contributed by atoms with Crippen LogP contribution in [0.4, 0.5) is 16.2 Å². The van der Waals surface area contributed by atoms with E-state index in [9.17, 15) is 19.3 Å². The van der Waals surface area contributed by atoms with Crippen LogP contribution in [-0.2, 0) is 35.1 Å². The molecule has 1 N–H and O–H groups in total. The van der Waals surface area contributed by atoms with Gasteiger partial charge in [0.15, 0.2) is 6.10 Å². The average Bonchev–Trinajstić information content (AvgIpc) is 2.88. The van der Waals surface area contributed by atoms with E-state index in [1.165, 1.54) is 38.5 Å². The minimum Gasteiger partial charge on any atom is -0.467 e. The highest BCUT2D eigenvalue weighted by Crippen LogP contribution is 2.31. The standard InChI is InChI=1S/C23H24N2O10/c1-30-17-10-20(22(27)31-2)35-21(11-17)34-19-8-3-14(9-18(19)24-13-26)12-32-23(28)33-16-6-4-15(25-29)5-7-16/h3-9,13,17,20-21H,10-12H2,1-2H3,(H,24,26)/t17-,20-,21+/m0/s1. The molecule has 0 aromatic heterocycles. The molecule has 12 heteroatoms. The van der Waals surface area contributed by atoms with Crippen LogP contribution in [0.5, 0.6) is 11.5 Å². The van der Waals surface area contributed by atoms with Crippen molar-refractivity contribution in [3.05, 3.63) is 52.9 Å². The first-order valence-corrected chi connectivity index (χ1v) is 10.5. The number of carbonyl (C=O) groups is 3. The number of benzene rings is 2. The van der Waals surface area contributed by atoms with Gasteiger partial charge in [0, 0.05) is 20.0 Å². The minimum atomic E-state index is -0.961. The maximum absolute atomic E-state index is 12.0. The second-order valence-electron chi connectivity index (χ2n) is 7.34. The Morgan fingerprint density at radius 2 is 1.91 bits per heavy atom. The molecule has 3 atom stereocenters. The van der Waals surface area contributed by atoms with Crippen molar-refractivity contribution in [1.82, 2.24) is 0 Å². The van der Waals surface area contributed by atoms with Gasteiger partial charge >= 0.3 is 12.1 Å². The van der Waals surface area contributed by atoms with Crippen molar-refractivity contribution >= 4 is 29.9 Å². The molecule has 0 unspecified atom stereocenters. The molecule has 3 rings (SSSR count). The fraction of sp³-hybridized carbons (Fsp3) is 0.348. The van der Waals surface area contributed by atoms with E-state index in [2.05, 4.69) is 10.5 Å². The molecule has 12 nitrogen and oxygen atoms in total. The molecule has 1 aliphatic heterocycles. The van der Waals surface area contributed by atoms with Crippen LogP contribution in [0.3, 0.4) is 0 Å². The predicted octanol–water partition coefficient (Wildman–Crippen LogP) is 3.44. The molecule has 2 aromatic rings. The first-order valence-electron chi connectivity index (χ1n) is 10.5. The predicted molar refractivity (Wildman–Crippen MR) is 120 cm³/mol. The average molecular weight is 488 g/mol. The Morgan fingerprint density at radius 3 is 2.57 bits per heavy atom. The van der Waals surface area contributed by atoms with E-state index < -0.39 is 24.5 Å².